The average Bonchev–Trinajstić information content (AvgIpc) is 2.96. The van der Waals surface area contributed by atoms with E-state index in [-0.39, 0.29) is 10.7 Å². The number of anilines is 1. The molecule has 0 bridgehead atoms. The number of halogens is 2. The summed E-state index contributed by atoms with van der Waals surface area (Å²) in [5.41, 5.74) is 2.54. The summed E-state index contributed by atoms with van der Waals surface area (Å²) in [6.45, 7) is 3.06. The van der Waals surface area contributed by atoms with Crippen LogP contribution in [0.2, 0.25) is 5.15 Å². The van der Waals surface area contributed by atoms with Gasteiger partial charge in [-0.2, -0.15) is 5.10 Å². The number of carbonyl (C=O) groups is 2. The number of aromatic nitrogens is 2. The average molecular weight is 402 g/mol. The zero-order chi connectivity index (χ0) is 20.3. The summed E-state index contributed by atoms with van der Waals surface area (Å²) in [5, 5.41) is 6.85. The van der Waals surface area contributed by atoms with E-state index in [0.717, 1.165) is 5.56 Å². The molecule has 0 aliphatic rings. The second kappa shape index (κ2) is 8.22. The van der Waals surface area contributed by atoms with Crippen LogP contribution >= 0.6 is 11.6 Å². The number of benzene rings is 2. The van der Waals surface area contributed by atoms with E-state index in [1.54, 1.807) is 19.1 Å². The molecule has 0 aliphatic heterocycles. The van der Waals surface area contributed by atoms with Crippen LogP contribution in [0.4, 0.5) is 10.1 Å². The zero-order valence-corrected chi connectivity index (χ0v) is 16.0. The number of amides is 1. The van der Waals surface area contributed by atoms with Crippen molar-refractivity contribution in [2.24, 2.45) is 0 Å². The molecule has 0 fully saturated rings. The Morgan fingerprint density at radius 3 is 2.39 bits per heavy atom. The van der Waals surface area contributed by atoms with Gasteiger partial charge in [-0.05, 0) is 50.2 Å². The molecule has 0 saturated heterocycles. The molecule has 0 spiro atoms. The standard InChI is InChI=1S/C20H17ClFN3O3/c1-12-3-7-15(8-4-12)23-17(26)11-28-20(27)18-13(2)24-25(19(18)21)16-9-5-14(22)6-10-16/h3-10H,11H2,1-2H3,(H,23,26). The first-order valence-electron chi connectivity index (χ1n) is 8.40. The first-order valence-corrected chi connectivity index (χ1v) is 8.77. The van der Waals surface area contributed by atoms with Crippen molar-refractivity contribution in [2.45, 2.75) is 13.8 Å². The number of ether oxygens (including phenoxy) is 1. The topological polar surface area (TPSA) is 73.2 Å². The molecule has 6 nitrogen and oxygen atoms in total. The normalized spacial score (nSPS) is 10.6. The number of rotatable bonds is 5. The van der Waals surface area contributed by atoms with Crippen molar-refractivity contribution in [2.75, 3.05) is 11.9 Å². The molecule has 3 aromatic rings. The Morgan fingerprint density at radius 1 is 1.11 bits per heavy atom. The summed E-state index contributed by atoms with van der Waals surface area (Å²) in [4.78, 5) is 24.4. The molecule has 0 saturated carbocycles. The molecule has 0 unspecified atom stereocenters. The van der Waals surface area contributed by atoms with Crippen LogP contribution in [0.25, 0.3) is 5.69 Å². The van der Waals surface area contributed by atoms with Gasteiger partial charge in [-0.3, -0.25) is 4.79 Å². The van der Waals surface area contributed by atoms with Gasteiger partial charge in [0.1, 0.15) is 16.5 Å². The van der Waals surface area contributed by atoms with Gasteiger partial charge < -0.3 is 10.1 Å². The van der Waals surface area contributed by atoms with E-state index < -0.39 is 24.3 Å². The predicted octanol–water partition coefficient (Wildman–Crippen LogP) is 4.08. The molecule has 0 radical (unpaired) electrons. The third-order valence-electron chi connectivity index (χ3n) is 3.95. The highest BCUT2D eigenvalue weighted by molar-refractivity contribution is 6.33. The van der Waals surface area contributed by atoms with Crippen molar-refractivity contribution in [3.63, 3.8) is 0 Å². The lowest BCUT2D eigenvalue weighted by Crippen LogP contribution is -2.21. The Kier molecular flexibility index (Phi) is 5.75. The van der Waals surface area contributed by atoms with Crippen molar-refractivity contribution in [3.8, 4) is 5.69 Å². The molecule has 1 heterocycles. The van der Waals surface area contributed by atoms with Gasteiger partial charge in [-0.15, -0.1) is 0 Å². The predicted molar refractivity (Wildman–Crippen MR) is 103 cm³/mol. The molecule has 3 rings (SSSR count). The zero-order valence-electron chi connectivity index (χ0n) is 15.2. The van der Waals surface area contributed by atoms with Crippen LogP contribution in [0.1, 0.15) is 21.6 Å². The van der Waals surface area contributed by atoms with Gasteiger partial charge in [0.2, 0.25) is 0 Å². The maximum absolute atomic E-state index is 13.1. The molecule has 144 valence electrons. The summed E-state index contributed by atoms with van der Waals surface area (Å²) in [7, 11) is 0. The first-order chi connectivity index (χ1) is 13.3. The van der Waals surface area contributed by atoms with Crippen LogP contribution < -0.4 is 5.32 Å². The summed E-state index contributed by atoms with van der Waals surface area (Å²) < 4.78 is 19.5. The second-order valence-electron chi connectivity index (χ2n) is 6.13. The minimum absolute atomic E-state index is 0.0213. The Hall–Kier alpha value is -3.19. The van der Waals surface area contributed by atoms with Crippen LogP contribution in [-0.2, 0) is 9.53 Å². The summed E-state index contributed by atoms with van der Waals surface area (Å²) in [6.07, 6.45) is 0. The van der Waals surface area contributed by atoms with E-state index in [1.807, 2.05) is 19.1 Å². The van der Waals surface area contributed by atoms with Gasteiger partial charge in [0.05, 0.1) is 11.4 Å². The van der Waals surface area contributed by atoms with Crippen molar-refractivity contribution >= 4 is 29.2 Å². The lowest BCUT2D eigenvalue weighted by Gasteiger charge is -2.07. The van der Waals surface area contributed by atoms with Crippen LogP contribution in [0.5, 0.6) is 0 Å². The minimum Gasteiger partial charge on any atom is -0.452 e. The number of aryl methyl sites for hydroxylation is 2. The molecular formula is C20H17ClFN3O3. The molecular weight excluding hydrogens is 385 g/mol. The maximum atomic E-state index is 13.1. The highest BCUT2D eigenvalue weighted by Gasteiger charge is 2.23. The fourth-order valence-corrected chi connectivity index (χ4v) is 2.87. The smallest absolute Gasteiger partial charge is 0.343 e. The Bertz CT molecular complexity index is 1010. The van der Waals surface area contributed by atoms with Crippen molar-refractivity contribution in [1.29, 1.82) is 0 Å². The van der Waals surface area contributed by atoms with Gasteiger partial charge in [0.15, 0.2) is 6.61 Å². The monoisotopic (exact) mass is 401 g/mol. The molecule has 28 heavy (non-hydrogen) atoms. The summed E-state index contributed by atoms with van der Waals surface area (Å²) >= 11 is 6.26. The van der Waals surface area contributed by atoms with Gasteiger partial charge in [0, 0.05) is 5.69 Å². The fourth-order valence-electron chi connectivity index (χ4n) is 2.52. The summed E-state index contributed by atoms with van der Waals surface area (Å²) in [5.74, 6) is -1.64. The van der Waals surface area contributed by atoms with Crippen LogP contribution in [-0.4, -0.2) is 28.3 Å². The minimum atomic E-state index is -0.769. The van der Waals surface area contributed by atoms with Gasteiger partial charge in [0.25, 0.3) is 5.91 Å². The highest BCUT2D eigenvalue weighted by atomic mass is 35.5. The van der Waals surface area contributed by atoms with Crippen LogP contribution in [0, 0.1) is 19.7 Å². The summed E-state index contributed by atoms with van der Waals surface area (Å²) in [6, 6.07) is 12.7. The van der Waals surface area contributed by atoms with E-state index in [2.05, 4.69) is 10.4 Å². The van der Waals surface area contributed by atoms with E-state index in [1.165, 1.54) is 28.9 Å². The molecule has 1 N–H and O–H groups in total. The molecule has 1 amide bonds. The lowest BCUT2D eigenvalue weighted by atomic mass is 10.2. The van der Waals surface area contributed by atoms with E-state index in [4.69, 9.17) is 16.3 Å². The SMILES string of the molecule is Cc1ccc(NC(=O)COC(=O)c2c(C)nn(-c3ccc(F)cc3)c2Cl)cc1. The molecule has 8 heteroatoms. The number of hydrogen-bond donors (Lipinski definition) is 1. The molecule has 2 aromatic carbocycles. The number of hydrogen-bond acceptors (Lipinski definition) is 4. The van der Waals surface area contributed by atoms with Crippen LogP contribution in [0.3, 0.4) is 0 Å². The number of carbonyl (C=O) groups excluding carboxylic acids is 2. The highest BCUT2D eigenvalue weighted by Crippen LogP contribution is 2.24. The molecule has 0 atom stereocenters. The Morgan fingerprint density at radius 2 is 1.75 bits per heavy atom. The Balaban J connectivity index is 1.68. The maximum Gasteiger partial charge on any atom is 0.343 e. The first kappa shape index (κ1) is 19.6. The van der Waals surface area contributed by atoms with Crippen molar-refractivity contribution in [3.05, 3.63) is 76.3 Å². The third-order valence-corrected chi connectivity index (χ3v) is 4.30. The van der Waals surface area contributed by atoms with Crippen molar-refractivity contribution in [1.82, 2.24) is 9.78 Å². The third kappa shape index (κ3) is 4.37. The van der Waals surface area contributed by atoms with E-state index >= 15 is 0 Å². The van der Waals surface area contributed by atoms with Gasteiger partial charge in [-0.25, -0.2) is 13.9 Å². The number of nitrogens with one attached hydrogen (secondary N) is 1. The Labute approximate surface area is 165 Å². The molecule has 0 aliphatic carbocycles. The number of nitrogens with zero attached hydrogens (tertiary/aromatic N) is 2. The second-order valence-corrected chi connectivity index (χ2v) is 6.49. The van der Waals surface area contributed by atoms with Gasteiger partial charge >= 0.3 is 5.97 Å². The van der Waals surface area contributed by atoms with Crippen molar-refractivity contribution < 1.29 is 18.7 Å². The quantitative estimate of drug-likeness (QED) is 0.654. The van der Waals surface area contributed by atoms with E-state index in [9.17, 15) is 14.0 Å². The molecule has 1 aromatic heterocycles. The van der Waals surface area contributed by atoms with Gasteiger partial charge in [-0.1, -0.05) is 29.3 Å². The fraction of sp³-hybridized carbons (Fsp3) is 0.150. The largest absolute Gasteiger partial charge is 0.452 e. The van der Waals surface area contributed by atoms with Crippen LogP contribution in [0.15, 0.2) is 48.5 Å². The van der Waals surface area contributed by atoms with E-state index in [0.29, 0.717) is 17.1 Å². The number of esters is 1. The lowest BCUT2D eigenvalue weighted by molar-refractivity contribution is -0.119.